The molecule has 0 saturated carbocycles. The first-order chi connectivity index (χ1) is 11.5. The number of amides is 1. The van der Waals surface area contributed by atoms with Crippen LogP contribution in [0.5, 0.6) is 0 Å². The minimum Gasteiger partial charge on any atom is -0.308 e. The number of aryl methyl sites for hydroxylation is 1. The van der Waals surface area contributed by atoms with Gasteiger partial charge in [-0.05, 0) is 49.1 Å². The van der Waals surface area contributed by atoms with Gasteiger partial charge in [-0.1, -0.05) is 23.2 Å². The van der Waals surface area contributed by atoms with Crippen LogP contribution < -0.4 is 4.90 Å². The first-order valence-electron chi connectivity index (χ1n) is 7.51. The van der Waals surface area contributed by atoms with E-state index in [0.717, 1.165) is 30.5 Å². The van der Waals surface area contributed by atoms with Crippen molar-refractivity contribution in [2.24, 2.45) is 0 Å². The summed E-state index contributed by atoms with van der Waals surface area (Å²) in [4.78, 5) is 24.9. The Bertz CT molecular complexity index is 823. The molecule has 2 aromatic rings. The molecule has 1 aliphatic heterocycles. The van der Waals surface area contributed by atoms with Gasteiger partial charge in [-0.3, -0.25) is 14.9 Å². The van der Waals surface area contributed by atoms with Crippen molar-refractivity contribution in [3.63, 3.8) is 0 Å². The number of nitro benzene ring substituents is 1. The third-order valence-electron chi connectivity index (χ3n) is 4.05. The van der Waals surface area contributed by atoms with Crippen LogP contribution in [-0.2, 0) is 6.42 Å². The second-order valence-electron chi connectivity index (χ2n) is 5.61. The van der Waals surface area contributed by atoms with Gasteiger partial charge < -0.3 is 4.90 Å². The number of carbonyl (C=O) groups excluding carboxylic acids is 1. The molecule has 0 unspecified atom stereocenters. The third kappa shape index (κ3) is 3.23. The number of nitrogens with zero attached hydrogens (tertiary/aromatic N) is 2. The molecule has 7 heteroatoms. The predicted molar refractivity (Wildman–Crippen MR) is 94.2 cm³/mol. The Morgan fingerprint density at radius 3 is 2.62 bits per heavy atom. The maximum Gasteiger partial charge on any atom is 0.270 e. The number of halogens is 2. The lowest BCUT2D eigenvalue weighted by molar-refractivity contribution is -0.384. The van der Waals surface area contributed by atoms with Crippen molar-refractivity contribution >= 4 is 40.5 Å². The fourth-order valence-electron chi connectivity index (χ4n) is 2.87. The predicted octanol–water partition coefficient (Wildman–Crippen LogP) is 4.88. The maximum atomic E-state index is 12.9. The fraction of sp³-hybridized carbons (Fsp3) is 0.235. The van der Waals surface area contributed by atoms with Crippen LogP contribution in [0.25, 0.3) is 0 Å². The lowest BCUT2D eigenvalue weighted by Gasteiger charge is -2.23. The standard InChI is InChI=1S/C17H14Cl2N2O3/c18-12-4-7-16-11(9-12)3-1-2-8-20(16)17(22)14-6-5-13(21(23)24)10-15(14)19/h4-7,9-10H,1-3,8H2. The molecule has 3 rings (SSSR count). The van der Waals surface area contributed by atoms with Crippen molar-refractivity contribution in [1.29, 1.82) is 0 Å². The molecular weight excluding hydrogens is 351 g/mol. The number of hydrogen-bond acceptors (Lipinski definition) is 3. The van der Waals surface area contributed by atoms with Gasteiger partial charge in [0, 0.05) is 29.4 Å². The van der Waals surface area contributed by atoms with Gasteiger partial charge in [-0.15, -0.1) is 0 Å². The number of rotatable bonds is 2. The monoisotopic (exact) mass is 364 g/mol. The first-order valence-corrected chi connectivity index (χ1v) is 8.27. The van der Waals surface area contributed by atoms with Crippen LogP contribution in [0, 0.1) is 10.1 Å². The van der Waals surface area contributed by atoms with E-state index >= 15 is 0 Å². The quantitative estimate of drug-likeness (QED) is 0.563. The topological polar surface area (TPSA) is 63.4 Å². The van der Waals surface area contributed by atoms with E-state index in [9.17, 15) is 14.9 Å². The number of non-ortho nitro benzene ring substituents is 1. The van der Waals surface area contributed by atoms with Crippen molar-refractivity contribution in [3.8, 4) is 0 Å². The molecule has 1 aliphatic rings. The number of hydrogen-bond donors (Lipinski definition) is 0. The molecule has 0 atom stereocenters. The van der Waals surface area contributed by atoms with Gasteiger partial charge in [0.25, 0.3) is 11.6 Å². The molecule has 1 heterocycles. The highest BCUT2D eigenvalue weighted by Crippen LogP contribution is 2.32. The van der Waals surface area contributed by atoms with Crippen LogP contribution in [0.2, 0.25) is 10.0 Å². The van der Waals surface area contributed by atoms with Gasteiger partial charge in [0.2, 0.25) is 0 Å². The van der Waals surface area contributed by atoms with Gasteiger partial charge in [0.15, 0.2) is 0 Å². The molecule has 24 heavy (non-hydrogen) atoms. The smallest absolute Gasteiger partial charge is 0.270 e. The molecule has 0 aliphatic carbocycles. The molecule has 0 bridgehead atoms. The van der Waals surface area contributed by atoms with E-state index in [1.807, 2.05) is 12.1 Å². The van der Waals surface area contributed by atoms with E-state index in [1.54, 1.807) is 11.0 Å². The summed E-state index contributed by atoms with van der Waals surface area (Å²) in [5.41, 5.74) is 1.95. The zero-order valence-corrected chi connectivity index (χ0v) is 14.2. The molecule has 5 nitrogen and oxygen atoms in total. The van der Waals surface area contributed by atoms with Crippen LogP contribution in [0.15, 0.2) is 36.4 Å². The maximum absolute atomic E-state index is 12.9. The summed E-state index contributed by atoms with van der Waals surface area (Å²) < 4.78 is 0. The number of anilines is 1. The molecular formula is C17H14Cl2N2O3. The summed E-state index contributed by atoms with van der Waals surface area (Å²) in [7, 11) is 0. The number of carbonyl (C=O) groups is 1. The summed E-state index contributed by atoms with van der Waals surface area (Å²) in [6.07, 6.45) is 2.68. The Labute approximate surface area is 148 Å². The average molecular weight is 365 g/mol. The van der Waals surface area contributed by atoms with Crippen molar-refractivity contribution in [2.45, 2.75) is 19.3 Å². The lowest BCUT2D eigenvalue weighted by atomic mass is 10.1. The molecule has 0 saturated heterocycles. The Kier molecular flexibility index (Phi) is 4.73. The molecule has 2 aromatic carbocycles. The van der Waals surface area contributed by atoms with Gasteiger partial charge in [0.05, 0.1) is 15.5 Å². The molecule has 1 amide bonds. The molecule has 0 fully saturated rings. The Morgan fingerprint density at radius 1 is 1.12 bits per heavy atom. The fourth-order valence-corrected chi connectivity index (χ4v) is 3.32. The number of nitro groups is 1. The Balaban J connectivity index is 2.00. The Morgan fingerprint density at radius 2 is 1.92 bits per heavy atom. The van der Waals surface area contributed by atoms with E-state index in [-0.39, 0.29) is 22.2 Å². The second-order valence-corrected chi connectivity index (χ2v) is 6.45. The van der Waals surface area contributed by atoms with Crippen molar-refractivity contribution in [3.05, 3.63) is 67.7 Å². The summed E-state index contributed by atoms with van der Waals surface area (Å²) in [6.45, 7) is 0.570. The van der Waals surface area contributed by atoms with Crippen LogP contribution in [-0.4, -0.2) is 17.4 Å². The molecule has 0 aromatic heterocycles. The lowest BCUT2D eigenvalue weighted by Crippen LogP contribution is -2.32. The highest BCUT2D eigenvalue weighted by atomic mass is 35.5. The normalized spacial score (nSPS) is 14.0. The first kappa shape index (κ1) is 16.7. The van der Waals surface area contributed by atoms with Crippen LogP contribution in [0.4, 0.5) is 11.4 Å². The third-order valence-corrected chi connectivity index (χ3v) is 4.60. The van der Waals surface area contributed by atoms with Gasteiger partial charge in [0.1, 0.15) is 0 Å². The minimum atomic E-state index is -0.538. The number of benzene rings is 2. The van der Waals surface area contributed by atoms with Crippen molar-refractivity contribution < 1.29 is 9.72 Å². The summed E-state index contributed by atoms with van der Waals surface area (Å²) >= 11 is 12.2. The molecule has 124 valence electrons. The summed E-state index contributed by atoms with van der Waals surface area (Å²) in [5, 5.41) is 11.5. The Hall–Kier alpha value is -2.11. The van der Waals surface area contributed by atoms with Gasteiger partial charge in [-0.2, -0.15) is 0 Å². The highest BCUT2D eigenvalue weighted by Gasteiger charge is 2.25. The van der Waals surface area contributed by atoms with E-state index in [0.29, 0.717) is 11.6 Å². The zero-order valence-electron chi connectivity index (χ0n) is 12.7. The van der Waals surface area contributed by atoms with Crippen LogP contribution >= 0.6 is 23.2 Å². The molecule has 0 N–H and O–H groups in total. The highest BCUT2D eigenvalue weighted by molar-refractivity contribution is 6.35. The summed E-state index contributed by atoms with van der Waals surface area (Å²) in [6, 6.07) is 9.36. The van der Waals surface area contributed by atoms with Crippen molar-refractivity contribution in [2.75, 3.05) is 11.4 Å². The number of fused-ring (bicyclic) bond motifs is 1. The van der Waals surface area contributed by atoms with Gasteiger partial charge >= 0.3 is 0 Å². The second kappa shape index (κ2) is 6.79. The minimum absolute atomic E-state index is 0.0777. The average Bonchev–Trinajstić information content (AvgIpc) is 2.75. The van der Waals surface area contributed by atoms with Gasteiger partial charge in [-0.25, -0.2) is 0 Å². The van der Waals surface area contributed by atoms with E-state index in [1.165, 1.54) is 18.2 Å². The summed E-state index contributed by atoms with van der Waals surface area (Å²) in [5.74, 6) is -0.264. The molecule has 0 spiro atoms. The SMILES string of the molecule is O=C(c1ccc([N+](=O)[O-])cc1Cl)N1CCCCc2cc(Cl)ccc21. The van der Waals surface area contributed by atoms with E-state index < -0.39 is 4.92 Å². The van der Waals surface area contributed by atoms with Crippen LogP contribution in [0.1, 0.15) is 28.8 Å². The van der Waals surface area contributed by atoms with E-state index in [4.69, 9.17) is 23.2 Å². The van der Waals surface area contributed by atoms with Crippen LogP contribution in [0.3, 0.4) is 0 Å². The molecule has 0 radical (unpaired) electrons. The van der Waals surface area contributed by atoms with Crippen molar-refractivity contribution in [1.82, 2.24) is 0 Å². The van der Waals surface area contributed by atoms with E-state index in [2.05, 4.69) is 0 Å². The largest absolute Gasteiger partial charge is 0.308 e. The zero-order chi connectivity index (χ0) is 17.3.